The number of nitrogens with two attached hydrogens (primary N) is 1. The Labute approximate surface area is 115 Å². The molecule has 1 amide bonds. The van der Waals surface area contributed by atoms with Gasteiger partial charge in [0, 0.05) is 12.1 Å². The van der Waals surface area contributed by atoms with E-state index in [9.17, 15) is 9.18 Å². The first-order valence-electron chi connectivity index (χ1n) is 5.93. The number of anilines is 1. The zero-order chi connectivity index (χ0) is 14.5. The van der Waals surface area contributed by atoms with Gasteiger partial charge in [0.2, 0.25) is 5.91 Å². The molecule has 0 spiro atoms. The lowest BCUT2D eigenvalue weighted by Crippen LogP contribution is -2.15. The van der Waals surface area contributed by atoms with E-state index in [0.29, 0.717) is 11.1 Å². The molecular weight excluding hydrogens is 257 g/mol. The average Bonchev–Trinajstić information content (AvgIpc) is 2.46. The van der Waals surface area contributed by atoms with Crippen LogP contribution >= 0.6 is 0 Å². The number of primary amides is 1. The minimum absolute atomic E-state index is 0.255. The van der Waals surface area contributed by atoms with Crippen LogP contribution in [-0.4, -0.2) is 5.91 Å². The first kappa shape index (κ1) is 13.6. The maximum absolute atomic E-state index is 13.7. The summed E-state index contributed by atoms with van der Waals surface area (Å²) in [7, 11) is 0. The molecule has 0 unspecified atom stereocenters. The van der Waals surface area contributed by atoms with E-state index >= 15 is 0 Å². The summed E-state index contributed by atoms with van der Waals surface area (Å²) in [5.41, 5.74) is 6.88. The minimum atomic E-state index is -0.525. The number of carbonyl (C=O) groups excluding carboxylic acids is 1. The van der Waals surface area contributed by atoms with Gasteiger partial charge in [0.15, 0.2) is 0 Å². The number of nitrogens with zero attached hydrogens (tertiary/aromatic N) is 1. The van der Waals surface area contributed by atoms with E-state index in [1.165, 1.54) is 12.1 Å². The SMILES string of the molecule is N#Cc1ccc(NCc2ccccc2C(N)=O)c(F)c1. The number of rotatable bonds is 4. The van der Waals surface area contributed by atoms with E-state index in [2.05, 4.69) is 5.32 Å². The van der Waals surface area contributed by atoms with Crippen LogP contribution in [0.2, 0.25) is 0 Å². The number of hydrogen-bond acceptors (Lipinski definition) is 3. The predicted octanol–water partition coefficient (Wildman–Crippen LogP) is 2.41. The molecule has 5 heteroatoms. The summed E-state index contributed by atoms with van der Waals surface area (Å²) in [6.45, 7) is 0.266. The van der Waals surface area contributed by atoms with Crippen molar-refractivity contribution in [3.05, 3.63) is 65.0 Å². The normalized spacial score (nSPS) is 9.80. The molecule has 0 bridgehead atoms. The van der Waals surface area contributed by atoms with E-state index in [1.807, 2.05) is 6.07 Å². The average molecular weight is 269 g/mol. The van der Waals surface area contributed by atoms with Gasteiger partial charge in [-0.1, -0.05) is 18.2 Å². The Kier molecular flexibility index (Phi) is 3.96. The van der Waals surface area contributed by atoms with Crippen LogP contribution in [0, 0.1) is 17.1 Å². The van der Waals surface area contributed by atoms with Crippen LogP contribution in [-0.2, 0) is 6.54 Å². The third-order valence-corrected chi connectivity index (χ3v) is 2.85. The highest BCUT2D eigenvalue weighted by Crippen LogP contribution is 2.17. The van der Waals surface area contributed by atoms with Crippen molar-refractivity contribution in [3.63, 3.8) is 0 Å². The summed E-state index contributed by atoms with van der Waals surface area (Å²) in [6, 6.07) is 12.9. The third kappa shape index (κ3) is 2.93. The molecule has 0 aromatic heterocycles. The molecule has 0 fully saturated rings. The highest BCUT2D eigenvalue weighted by atomic mass is 19.1. The molecule has 0 radical (unpaired) electrons. The summed E-state index contributed by atoms with van der Waals surface area (Å²) in [5, 5.41) is 11.6. The van der Waals surface area contributed by atoms with Crippen molar-refractivity contribution in [1.29, 1.82) is 5.26 Å². The van der Waals surface area contributed by atoms with Gasteiger partial charge in [-0.25, -0.2) is 4.39 Å². The van der Waals surface area contributed by atoms with Crippen molar-refractivity contribution >= 4 is 11.6 Å². The fourth-order valence-electron chi connectivity index (χ4n) is 1.83. The number of amides is 1. The molecule has 4 nitrogen and oxygen atoms in total. The van der Waals surface area contributed by atoms with E-state index in [1.54, 1.807) is 24.3 Å². The van der Waals surface area contributed by atoms with Crippen LogP contribution in [0.1, 0.15) is 21.5 Å². The second-order valence-corrected chi connectivity index (χ2v) is 4.18. The summed E-state index contributed by atoms with van der Waals surface area (Å²) in [4.78, 5) is 11.3. The fraction of sp³-hybridized carbons (Fsp3) is 0.0667. The molecule has 20 heavy (non-hydrogen) atoms. The lowest BCUT2D eigenvalue weighted by molar-refractivity contribution is 0.0999. The van der Waals surface area contributed by atoms with Gasteiger partial charge in [0.1, 0.15) is 5.82 Å². The van der Waals surface area contributed by atoms with Gasteiger partial charge in [-0.3, -0.25) is 4.79 Å². The van der Waals surface area contributed by atoms with Crippen LogP contribution in [0.4, 0.5) is 10.1 Å². The minimum Gasteiger partial charge on any atom is -0.379 e. The van der Waals surface area contributed by atoms with Gasteiger partial charge in [0.25, 0.3) is 0 Å². The molecule has 3 N–H and O–H groups in total. The van der Waals surface area contributed by atoms with E-state index in [-0.39, 0.29) is 17.8 Å². The Morgan fingerprint density at radius 3 is 2.70 bits per heavy atom. The molecule has 0 atom stereocenters. The molecule has 2 rings (SSSR count). The third-order valence-electron chi connectivity index (χ3n) is 2.85. The summed E-state index contributed by atoms with van der Waals surface area (Å²) in [5.74, 6) is -1.04. The maximum atomic E-state index is 13.7. The van der Waals surface area contributed by atoms with Crippen molar-refractivity contribution < 1.29 is 9.18 Å². The molecule has 0 aliphatic heterocycles. The lowest BCUT2D eigenvalue weighted by atomic mass is 10.1. The Hall–Kier alpha value is -2.87. The van der Waals surface area contributed by atoms with Gasteiger partial charge in [0.05, 0.1) is 17.3 Å². The monoisotopic (exact) mass is 269 g/mol. The Balaban J connectivity index is 2.18. The molecule has 0 saturated heterocycles. The van der Waals surface area contributed by atoms with Gasteiger partial charge in [-0.15, -0.1) is 0 Å². The number of carbonyl (C=O) groups is 1. The molecule has 2 aromatic rings. The number of benzene rings is 2. The summed E-state index contributed by atoms with van der Waals surface area (Å²) >= 11 is 0. The van der Waals surface area contributed by atoms with Crippen molar-refractivity contribution in [3.8, 4) is 6.07 Å². The van der Waals surface area contributed by atoms with Crippen molar-refractivity contribution in [2.75, 3.05) is 5.32 Å². The quantitative estimate of drug-likeness (QED) is 0.894. The van der Waals surface area contributed by atoms with Crippen LogP contribution in [0.5, 0.6) is 0 Å². The lowest BCUT2D eigenvalue weighted by Gasteiger charge is -2.10. The van der Waals surface area contributed by atoms with Gasteiger partial charge in [-0.05, 0) is 29.8 Å². The van der Waals surface area contributed by atoms with Gasteiger partial charge >= 0.3 is 0 Å². The van der Waals surface area contributed by atoms with Crippen molar-refractivity contribution in [2.45, 2.75) is 6.54 Å². The number of nitriles is 1. The topological polar surface area (TPSA) is 78.9 Å². The Morgan fingerprint density at radius 1 is 1.30 bits per heavy atom. The summed E-state index contributed by atoms with van der Waals surface area (Å²) < 4.78 is 13.7. The second-order valence-electron chi connectivity index (χ2n) is 4.18. The Bertz CT molecular complexity index is 692. The van der Waals surface area contributed by atoms with E-state index in [0.717, 1.165) is 6.07 Å². The first-order chi connectivity index (χ1) is 9.61. The fourth-order valence-corrected chi connectivity index (χ4v) is 1.83. The van der Waals surface area contributed by atoms with Gasteiger partial charge in [-0.2, -0.15) is 5.26 Å². The van der Waals surface area contributed by atoms with Crippen LogP contribution in [0.25, 0.3) is 0 Å². The van der Waals surface area contributed by atoms with E-state index < -0.39 is 11.7 Å². The van der Waals surface area contributed by atoms with Crippen LogP contribution in [0.3, 0.4) is 0 Å². The zero-order valence-electron chi connectivity index (χ0n) is 10.6. The van der Waals surface area contributed by atoms with Crippen LogP contribution in [0.15, 0.2) is 42.5 Å². The number of halogens is 1. The molecular formula is C15H12FN3O. The van der Waals surface area contributed by atoms with Crippen molar-refractivity contribution in [1.82, 2.24) is 0 Å². The molecule has 0 aliphatic rings. The standard InChI is InChI=1S/C15H12FN3O/c16-13-7-10(8-17)5-6-14(13)19-9-11-3-1-2-4-12(11)15(18)20/h1-7,19H,9H2,(H2,18,20). The van der Waals surface area contributed by atoms with Crippen LogP contribution < -0.4 is 11.1 Å². The Morgan fingerprint density at radius 2 is 2.05 bits per heavy atom. The first-order valence-corrected chi connectivity index (χ1v) is 5.93. The van der Waals surface area contributed by atoms with E-state index in [4.69, 9.17) is 11.0 Å². The molecule has 0 aliphatic carbocycles. The second kappa shape index (κ2) is 5.85. The molecule has 2 aromatic carbocycles. The summed E-state index contributed by atoms with van der Waals surface area (Å²) in [6.07, 6.45) is 0. The molecule has 100 valence electrons. The molecule has 0 saturated carbocycles. The smallest absolute Gasteiger partial charge is 0.249 e. The highest BCUT2D eigenvalue weighted by molar-refractivity contribution is 5.94. The largest absolute Gasteiger partial charge is 0.379 e. The van der Waals surface area contributed by atoms with Crippen molar-refractivity contribution in [2.24, 2.45) is 5.73 Å². The maximum Gasteiger partial charge on any atom is 0.249 e. The predicted molar refractivity (Wildman–Crippen MR) is 73.4 cm³/mol. The molecule has 0 heterocycles. The highest BCUT2D eigenvalue weighted by Gasteiger charge is 2.08. The van der Waals surface area contributed by atoms with Gasteiger partial charge < -0.3 is 11.1 Å². The number of nitrogens with one attached hydrogen (secondary N) is 1. The zero-order valence-corrected chi connectivity index (χ0v) is 10.6. The number of hydrogen-bond donors (Lipinski definition) is 2.